The van der Waals surface area contributed by atoms with Crippen molar-refractivity contribution in [2.45, 2.75) is 20.0 Å². The summed E-state index contributed by atoms with van der Waals surface area (Å²) in [7, 11) is 0. The van der Waals surface area contributed by atoms with E-state index in [1.807, 2.05) is 0 Å². The minimum absolute atomic E-state index is 0. The molecule has 0 spiro atoms. The zero-order valence-corrected chi connectivity index (χ0v) is 8.46. The summed E-state index contributed by atoms with van der Waals surface area (Å²) in [6.45, 7) is 6.76. The van der Waals surface area contributed by atoms with Crippen molar-refractivity contribution in [3.63, 3.8) is 0 Å². The second-order valence-corrected chi connectivity index (χ2v) is 1.56. The molecule has 0 saturated heterocycles. The third-order valence-corrected chi connectivity index (χ3v) is 0.129. The Hall–Kier alpha value is 0.660. The number of hydrogen-bond acceptors (Lipinski definition) is 2. The monoisotopic (exact) mass is 142 g/mol. The van der Waals surface area contributed by atoms with Crippen LogP contribution in [0, 0.1) is 0 Å². The smallest absolute Gasteiger partial charge is 1.00 e. The molecule has 0 fully saturated rings. The molecule has 0 aliphatic rings. The molecule has 2 nitrogen and oxygen atoms in total. The molecule has 0 heterocycles. The molecule has 0 saturated carbocycles. The van der Waals surface area contributed by atoms with Crippen molar-refractivity contribution in [1.82, 2.24) is 0 Å². The van der Waals surface area contributed by atoms with Gasteiger partial charge in [0.25, 0.3) is 0 Å². The minimum Gasteiger partial charge on any atom is -1.00 e. The first-order valence-corrected chi connectivity index (χ1v) is 2.55. The molecule has 0 aliphatic carbocycles. The zero-order valence-electron chi connectivity index (χ0n) is 7.46. The molecule has 0 aliphatic heterocycles. The van der Waals surface area contributed by atoms with Gasteiger partial charge in [-0.15, -0.1) is 6.58 Å². The summed E-state index contributed by atoms with van der Waals surface area (Å²) in [5, 5.41) is 15.8. The zero-order chi connectivity index (χ0) is 6.99. The fraction of sp³-hybridized carbons (Fsp3) is 0.667. The standard InChI is InChI=1S/C3H8O.C3H6O.Na.H/c1-3(2)4;1-2-3-4;;/h3-4H,1-2H3;2,4H,1,3H2;;/q;;+1;-1. The molecular formula is C6H15NaO2. The molecule has 0 unspecified atom stereocenters. The van der Waals surface area contributed by atoms with Gasteiger partial charge < -0.3 is 11.6 Å². The van der Waals surface area contributed by atoms with Gasteiger partial charge in [-0.3, -0.25) is 0 Å². The van der Waals surface area contributed by atoms with E-state index in [-0.39, 0.29) is 43.7 Å². The fourth-order valence-electron chi connectivity index (χ4n) is 0. The van der Waals surface area contributed by atoms with E-state index < -0.39 is 0 Å². The average Bonchev–Trinajstić information content (AvgIpc) is 1.65. The Morgan fingerprint density at radius 2 is 1.78 bits per heavy atom. The van der Waals surface area contributed by atoms with Crippen molar-refractivity contribution < 1.29 is 41.2 Å². The van der Waals surface area contributed by atoms with Gasteiger partial charge >= 0.3 is 29.6 Å². The van der Waals surface area contributed by atoms with Gasteiger partial charge in [-0.05, 0) is 13.8 Å². The summed E-state index contributed by atoms with van der Waals surface area (Å²) in [6.07, 6.45) is 1.26. The molecule has 0 aromatic heterocycles. The maximum absolute atomic E-state index is 8.06. The number of aliphatic hydroxyl groups excluding tert-OH is 2. The molecule has 0 bridgehead atoms. The van der Waals surface area contributed by atoms with Crippen LogP contribution in [0.3, 0.4) is 0 Å². The molecule has 52 valence electrons. The summed E-state index contributed by atoms with van der Waals surface area (Å²) < 4.78 is 0. The van der Waals surface area contributed by atoms with Gasteiger partial charge in [0.1, 0.15) is 0 Å². The third-order valence-electron chi connectivity index (χ3n) is 0.129. The van der Waals surface area contributed by atoms with Gasteiger partial charge in [-0.25, -0.2) is 0 Å². The molecular weight excluding hydrogens is 127 g/mol. The molecule has 0 aromatic rings. The normalized spacial score (nSPS) is 6.78. The van der Waals surface area contributed by atoms with E-state index in [1.165, 1.54) is 6.08 Å². The van der Waals surface area contributed by atoms with Crippen LogP contribution < -0.4 is 29.6 Å². The minimum atomic E-state index is -0.167. The van der Waals surface area contributed by atoms with Crippen molar-refractivity contribution in [1.29, 1.82) is 0 Å². The van der Waals surface area contributed by atoms with E-state index in [2.05, 4.69) is 6.58 Å². The predicted octanol–water partition coefficient (Wildman–Crippen LogP) is -2.33. The van der Waals surface area contributed by atoms with Crippen molar-refractivity contribution in [3.05, 3.63) is 12.7 Å². The summed E-state index contributed by atoms with van der Waals surface area (Å²) >= 11 is 0. The van der Waals surface area contributed by atoms with E-state index in [0.29, 0.717) is 0 Å². The van der Waals surface area contributed by atoms with E-state index >= 15 is 0 Å². The summed E-state index contributed by atoms with van der Waals surface area (Å²) in [5.41, 5.74) is 0. The van der Waals surface area contributed by atoms with E-state index in [4.69, 9.17) is 10.2 Å². The van der Waals surface area contributed by atoms with Crippen LogP contribution in [-0.4, -0.2) is 22.9 Å². The Morgan fingerprint density at radius 3 is 1.78 bits per heavy atom. The maximum atomic E-state index is 8.06. The molecule has 0 atom stereocenters. The molecule has 3 heteroatoms. The van der Waals surface area contributed by atoms with Gasteiger partial charge in [0.05, 0.1) is 6.61 Å². The third kappa shape index (κ3) is 139. The Labute approximate surface area is 80.4 Å². The molecule has 0 aromatic carbocycles. The topological polar surface area (TPSA) is 40.5 Å². The van der Waals surface area contributed by atoms with Crippen molar-refractivity contribution >= 4 is 0 Å². The molecule has 0 rings (SSSR count). The van der Waals surface area contributed by atoms with Crippen LogP contribution in [-0.2, 0) is 0 Å². The van der Waals surface area contributed by atoms with Gasteiger partial charge in [0, 0.05) is 6.10 Å². The molecule has 2 N–H and O–H groups in total. The Kier molecular flexibility index (Phi) is 28.8. The Balaban J connectivity index is -0.0000000300. The van der Waals surface area contributed by atoms with Crippen molar-refractivity contribution in [2.24, 2.45) is 0 Å². The quantitative estimate of drug-likeness (QED) is 0.318. The summed E-state index contributed by atoms with van der Waals surface area (Å²) in [5.74, 6) is 0. The average molecular weight is 142 g/mol. The van der Waals surface area contributed by atoms with E-state index in [1.54, 1.807) is 13.8 Å². The maximum Gasteiger partial charge on any atom is 1.00 e. The van der Waals surface area contributed by atoms with Gasteiger partial charge in [-0.2, -0.15) is 0 Å². The number of rotatable bonds is 1. The van der Waals surface area contributed by atoms with Crippen LogP contribution in [0.4, 0.5) is 0 Å². The Bertz CT molecular complexity index is 48.3. The second-order valence-electron chi connectivity index (χ2n) is 1.56. The fourth-order valence-corrected chi connectivity index (χ4v) is 0. The first-order valence-electron chi connectivity index (χ1n) is 2.55. The Morgan fingerprint density at radius 1 is 1.67 bits per heavy atom. The van der Waals surface area contributed by atoms with Gasteiger partial charge in [0.2, 0.25) is 0 Å². The summed E-state index contributed by atoms with van der Waals surface area (Å²) in [4.78, 5) is 0. The van der Waals surface area contributed by atoms with Crippen molar-refractivity contribution in [3.8, 4) is 0 Å². The largest absolute Gasteiger partial charge is 1.00 e. The van der Waals surface area contributed by atoms with Crippen LogP contribution in [0.1, 0.15) is 15.3 Å². The second kappa shape index (κ2) is 15.9. The van der Waals surface area contributed by atoms with Crippen LogP contribution >= 0.6 is 0 Å². The van der Waals surface area contributed by atoms with Crippen LogP contribution in [0.5, 0.6) is 0 Å². The predicted molar refractivity (Wildman–Crippen MR) is 35.7 cm³/mol. The number of aliphatic hydroxyl groups is 2. The first-order chi connectivity index (χ1) is 3.65. The SMILES string of the molecule is C=CCO.CC(C)O.[H-].[Na+]. The molecule has 0 amide bonds. The summed E-state index contributed by atoms with van der Waals surface area (Å²) in [6, 6.07) is 0. The van der Waals surface area contributed by atoms with Gasteiger partial charge in [-0.1, -0.05) is 6.08 Å². The van der Waals surface area contributed by atoms with E-state index in [0.717, 1.165) is 0 Å². The van der Waals surface area contributed by atoms with Crippen LogP contribution in [0.15, 0.2) is 12.7 Å². The van der Waals surface area contributed by atoms with E-state index in [9.17, 15) is 0 Å². The van der Waals surface area contributed by atoms with Crippen LogP contribution in [0.2, 0.25) is 0 Å². The molecule has 0 radical (unpaired) electrons. The number of hydrogen-bond donors (Lipinski definition) is 2. The molecule has 9 heavy (non-hydrogen) atoms. The van der Waals surface area contributed by atoms with Crippen LogP contribution in [0.25, 0.3) is 0 Å². The van der Waals surface area contributed by atoms with Gasteiger partial charge in [0.15, 0.2) is 0 Å². The first kappa shape index (κ1) is 16.3. The van der Waals surface area contributed by atoms with Crippen molar-refractivity contribution in [2.75, 3.05) is 6.61 Å².